The van der Waals surface area contributed by atoms with Crippen molar-refractivity contribution in [3.63, 3.8) is 0 Å². The second kappa shape index (κ2) is 18.8. The molecule has 9 nitrogen and oxygen atoms in total. The zero-order chi connectivity index (χ0) is 22.7. The van der Waals surface area contributed by atoms with Crippen molar-refractivity contribution < 1.29 is 37.6 Å². The number of hydrogen-bond donors (Lipinski definition) is 2. The Hall–Kier alpha value is -0.990. The predicted octanol–water partition coefficient (Wildman–Crippen LogP) is 3.86. The van der Waals surface area contributed by atoms with E-state index >= 15 is 0 Å². The molecular weight excluding hydrogens is 413 g/mol. The molecule has 0 bridgehead atoms. The molecule has 0 saturated heterocycles. The maximum atomic E-state index is 12.1. The lowest BCUT2D eigenvalue weighted by atomic mass is 10.1. The maximum absolute atomic E-state index is 12.1. The summed E-state index contributed by atoms with van der Waals surface area (Å²) >= 11 is 0. The Morgan fingerprint density at radius 1 is 0.867 bits per heavy atom. The van der Waals surface area contributed by atoms with Gasteiger partial charge in [-0.15, -0.1) is 0 Å². The van der Waals surface area contributed by atoms with Gasteiger partial charge in [-0.05, 0) is 12.8 Å². The van der Waals surface area contributed by atoms with Crippen LogP contribution in [0.3, 0.4) is 0 Å². The number of phosphoric acid groups is 1. The SMILES string of the molecule is CCCCCCCCCCC(=O)O[C@@H](COC(=O)CCC)COP(=O)(O)OCCN. The van der Waals surface area contributed by atoms with E-state index in [9.17, 15) is 19.0 Å². The first-order chi connectivity index (χ1) is 14.3. The van der Waals surface area contributed by atoms with Crippen molar-refractivity contribution in [3.8, 4) is 0 Å². The van der Waals surface area contributed by atoms with E-state index in [1.54, 1.807) is 0 Å². The van der Waals surface area contributed by atoms with Gasteiger partial charge in [-0.3, -0.25) is 18.6 Å². The Balaban J connectivity index is 4.34. The first-order valence-electron chi connectivity index (χ1n) is 11.0. The van der Waals surface area contributed by atoms with Crippen molar-refractivity contribution in [2.75, 3.05) is 26.4 Å². The molecule has 0 aromatic heterocycles. The Labute approximate surface area is 180 Å². The number of nitrogens with two attached hydrogens (primary N) is 1. The van der Waals surface area contributed by atoms with E-state index in [2.05, 4.69) is 11.4 Å². The Bertz CT molecular complexity index is 503. The zero-order valence-electron chi connectivity index (χ0n) is 18.5. The van der Waals surface area contributed by atoms with Crippen LogP contribution in [0.25, 0.3) is 0 Å². The third-order valence-corrected chi connectivity index (χ3v) is 5.20. The standard InChI is InChI=1S/C20H40NO8P/c1-3-5-6-7-8-9-10-11-13-20(23)29-18(16-26-19(22)12-4-2)17-28-30(24,25)27-15-14-21/h18H,3-17,21H2,1-2H3,(H,24,25)/t18-/m0/s1. The molecule has 0 aliphatic carbocycles. The molecule has 0 radical (unpaired) electrons. The highest BCUT2D eigenvalue weighted by molar-refractivity contribution is 7.47. The predicted molar refractivity (Wildman–Crippen MR) is 114 cm³/mol. The maximum Gasteiger partial charge on any atom is 0.472 e. The fraction of sp³-hybridized carbons (Fsp3) is 0.900. The van der Waals surface area contributed by atoms with Crippen LogP contribution in [0.4, 0.5) is 0 Å². The van der Waals surface area contributed by atoms with Crippen LogP contribution >= 0.6 is 7.82 Å². The second-order valence-corrected chi connectivity index (χ2v) is 8.61. The average molecular weight is 454 g/mol. The summed E-state index contributed by atoms with van der Waals surface area (Å²) in [4.78, 5) is 33.2. The van der Waals surface area contributed by atoms with Crippen molar-refractivity contribution in [1.29, 1.82) is 0 Å². The normalized spacial score (nSPS) is 14.1. The van der Waals surface area contributed by atoms with Crippen LogP contribution in [0, 0.1) is 0 Å². The quantitative estimate of drug-likeness (QED) is 0.160. The Morgan fingerprint density at radius 2 is 1.50 bits per heavy atom. The van der Waals surface area contributed by atoms with Crippen LogP contribution in [-0.2, 0) is 32.7 Å². The molecule has 10 heteroatoms. The van der Waals surface area contributed by atoms with Gasteiger partial charge in [0.25, 0.3) is 0 Å². The van der Waals surface area contributed by atoms with Gasteiger partial charge in [0, 0.05) is 19.4 Å². The number of carbonyl (C=O) groups is 2. The third kappa shape index (κ3) is 17.8. The number of rotatable bonds is 20. The fourth-order valence-corrected chi connectivity index (χ4v) is 3.37. The van der Waals surface area contributed by atoms with Crippen LogP contribution < -0.4 is 5.73 Å². The summed E-state index contributed by atoms with van der Waals surface area (Å²) in [5.74, 6) is -0.898. The molecule has 0 spiro atoms. The highest BCUT2D eigenvalue weighted by Crippen LogP contribution is 2.43. The molecule has 0 aromatic rings. The molecule has 0 heterocycles. The van der Waals surface area contributed by atoms with Crippen molar-refractivity contribution in [1.82, 2.24) is 0 Å². The minimum atomic E-state index is -4.32. The Kier molecular flexibility index (Phi) is 18.1. The van der Waals surface area contributed by atoms with Crippen LogP contribution in [0.15, 0.2) is 0 Å². The minimum Gasteiger partial charge on any atom is -0.462 e. The summed E-state index contributed by atoms with van der Waals surface area (Å²) in [6.07, 6.45) is 8.91. The zero-order valence-corrected chi connectivity index (χ0v) is 19.4. The summed E-state index contributed by atoms with van der Waals surface area (Å²) in [6.45, 7) is 3.24. The molecule has 0 amide bonds. The lowest BCUT2D eigenvalue weighted by Crippen LogP contribution is -2.29. The lowest BCUT2D eigenvalue weighted by molar-refractivity contribution is -0.161. The molecule has 30 heavy (non-hydrogen) atoms. The topological polar surface area (TPSA) is 134 Å². The fourth-order valence-electron chi connectivity index (χ4n) is 2.61. The van der Waals surface area contributed by atoms with Crippen molar-refractivity contribution >= 4 is 19.8 Å². The van der Waals surface area contributed by atoms with Gasteiger partial charge >= 0.3 is 19.8 Å². The molecule has 0 rings (SSSR count). The number of unbranched alkanes of at least 4 members (excludes halogenated alkanes) is 7. The Morgan fingerprint density at radius 3 is 2.10 bits per heavy atom. The highest BCUT2D eigenvalue weighted by atomic mass is 31.2. The van der Waals surface area contributed by atoms with Gasteiger partial charge in [0.05, 0.1) is 13.2 Å². The largest absolute Gasteiger partial charge is 0.472 e. The summed E-state index contributed by atoms with van der Waals surface area (Å²) < 4.78 is 31.6. The first kappa shape index (κ1) is 29.0. The minimum absolute atomic E-state index is 0.0551. The molecular formula is C20H40NO8P. The smallest absolute Gasteiger partial charge is 0.462 e. The van der Waals surface area contributed by atoms with Gasteiger partial charge in [-0.2, -0.15) is 0 Å². The van der Waals surface area contributed by atoms with Crippen LogP contribution in [0.5, 0.6) is 0 Å². The van der Waals surface area contributed by atoms with Crippen LogP contribution in [0.2, 0.25) is 0 Å². The number of hydrogen-bond acceptors (Lipinski definition) is 8. The first-order valence-corrected chi connectivity index (χ1v) is 12.5. The van der Waals surface area contributed by atoms with Crippen molar-refractivity contribution in [2.45, 2.75) is 90.6 Å². The van der Waals surface area contributed by atoms with E-state index in [4.69, 9.17) is 19.7 Å². The van der Waals surface area contributed by atoms with Crippen molar-refractivity contribution in [2.24, 2.45) is 5.73 Å². The van der Waals surface area contributed by atoms with Crippen LogP contribution in [-0.4, -0.2) is 49.3 Å². The van der Waals surface area contributed by atoms with E-state index < -0.39 is 32.5 Å². The summed E-state index contributed by atoms with van der Waals surface area (Å²) in [7, 11) is -4.32. The second-order valence-electron chi connectivity index (χ2n) is 7.16. The molecule has 2 atom stereocenters. The van der Waals surface area contributed by atoms with Gasteiger partial charge in [-0.25, -0.2) is 4.57 Å². The lowest BCUT2D eigenvalue weighted by Gasteiger charge is -2.19. The van der Waals surface area contributed by atoms with Gasteiger partial charge in [0.2, 0.25) is 0 Å². The molecule has 1 unspecified atom stereocenters. The van der Waals surface area contributed by atoms with E-state index in [-0.39, 0.29) is 32.6 Å². The molecule has 0 aliphatic rings. The summed E-state index contributed by atoms with van der Waals surface area (Å²) in [6, 6.07) is 0. The van der Waals surface area contributed by atoms with Gasteiger partial charge < -0.3 is 20.1 Å². The summed E-state index contributed by atoms with van der Waals surface area (Å²) in [5, 5.41) is 0. The van der Waals surface area contributed by atoms with Gasteiger partial charge in [0.1, 0.15) is 6.61 Å². The van der Waals surface area contributed by atoms with Crippen LogP contribution in [0.1, 0.15) is 84.5 Å². The van der Waals surface area contributed by atoms with Crippen molar-refractivity contribution in [3.05, 3.63) is 0 Å². The average Bonchev–Trinajstić information content (AvgIpc) is 2.70. The third-order valence-electron chi connectivity index (χ3n) is 4.21. The molecule has 0 saturated carbocycles. The van der Waals surface area contributed by atoms with E-state index in [0.29, 0.717) is 12.8 Å². The number of ether oxygens (including phenoxy) is 2. The molecule has 0 aliphatic heterocycles. The van der Waals surface area contributed by atoms with E-state index in [0.717, 1.165) is 19.3 Å². The van der Waals surface area contributed by atoms with E-state index in [1.807, 2.05) is 6.92 Å². The highest BCUT2D eigenvalue weighted by Gasteiger charge is 2.25. The molecule has 178 valence electrons. The number of phosphoric ester groups is 1. The van der Waals surface area contributed by atoms with E-state index in [1.165, 1.54) is 25.7 Å². The molecule has 3 N–H and O–H groups in total. The molecule has 0 aromatic carbocycles. The monoisotopic (exact) mass is 453 g/mol. The van der Waals surface area contributed by atoms with Gasteiger partial charge in [0.15, 0.2) is 6.10 Å². The summed E-state index contributed by atoms with van der Waals surface area (Å²) in [5.41, 5.74) is 5.23. The van der Waals surface area contributed by atoms with Gasteiger partial charge in [-0.1, -0.05) is 58.8 Å². The number of esters is 2. The number of carbonyl (C=O) groups excluding carboxylic acids is 2. The molecule has 0 fully saturated rings.